The first kappa shape index (κ1) is 15.4. The summed E-state index contributed by atoms with van der Waals surface area (Å²) in [5.41, 5.74) is 5.74. The minimum atomic E-state index is -3.57. The Bertz CT molecular complexity index is 531. The monoisotopic (exact) mass is 300 g/mol. The van der Waals surface area contributed by atoms with Crippen molar-refractivity contribution < 1.29 is 12.8 Å². The summed E-state index contributed by atoms with van der Waals surface area (Å²) < 4.78 is 39.7. The van der Waals surface area contributed by atoms with E-state index in [1.165, 1.54) is 18.6 Å². The summed E-state index contributed by atoms with van der Waals surface area (Å²) in [6, 6.07) is 4.85. The molecule has 0 heterocycles. The summed E-state index contributed by atoms with van der Waals surface area (Å²) in [5, 5.41) is 0. The molecule has 4 nitrogen and oxygen atoms in total. The molecule has 0 saturated heterocycles. The first-order valence-electron chi connectivity index (χ1n) is 6.98. The summed E-state index contributed by atoms with van der Waals surface area (Å²) >= 11 is 0. The van der Waals surface area contributed by atoms with E-state index in [1.807, 2.05) is 0 Å². The summed E-state index contributed by atoms with van der Waals surface area (Å²) in [5.74, 6) is 0.239. The summed E-state index contributed by atoms with van der Waals surface area (Å²) in [6.45, 7) is 1.00. The highest BCUT2D eigenvalue weighted by Crippen LogP contribution is 2.29. The van der Waals surface area contributed by atoms with Crippen molar-refractivity contribution in [3.8, 4) is 0 Å². The van der Waals surface area contributed by atoms with Crippen molar-refractivity contribution in [3.63, 3.8) is 0 Å². The number of nitrogens with one attached hydrogen (secondary N) is 1. The van der Waals surface area contributed by atoms with Gasteiger partial charge in [-0.1, -0.05) is 12.8 Å². The van der Waals surface area contributed by atoms with E-state index in [9.17, 15) is 12.8 Å². The summed E-state index contributed by atoms with van der Waals surface area (Å²) in [6.07, 6.45) is 4.37. The van der Waals surface area contributed by atoms with Crippen LogP contribution >= 0.6 is 0 Å². The SMILES string of the molecule is NCC1CCCCC1CNS(=O)(=O)c1ccc(F)cc1. The maximum Gasteiger partial charge on any atom is 0.240 e. The Kier molecular flexibility index (Phi) is 5.12. The van der Waals surface area contributed by atoms with Crippen LogP contribution in [0.4, 0.5) is 4.39 Å². The molecule has 1 fully saturated rings. The minimum absolute atomic E-state index is 0.0963. The van der Waals surface area contributed by atoms with Gasteiger partial charge in [0.15, 0.2) is 0 Å². The third-order valence-corrected chi connectivity index (χ3v) is 5.47. The second-order valence-electron chi connectivity index (χ2n) is 5.35. The fraction of sp³-hybridized carbons (Fsp3) is 0.571. The van der Waals surface area contributed by atoms with Crippen LogP contribution in [-0.4, -0.2) is 21.5 Å². The van der Waals surface area contributed by atoms with Crippen LogP contribution < -0.4 is 10.5 Å². The highest BCUT2D eigenvalue weighted by molar-refractivity contribution is 7.89. The molecule has 1 saturated carbocycles. The third-order valence-electron chi connectivity index (χ3n) is 4.03. The number of nitrogens with two attached hydrogens (primary N) is 1. The van der Waals surface area contributed by atoms with Crippen LogP contribution in [0.3, 0.4) is 0 Å². The van der Waals surface area contributed by atoms with E-state index in [0.717, 1.165) is 31.4 Å². The van der Waals surface area contributed by atoms with Gasteiger partial charge < -0.3 is 5.73 Å². The van der Waals surface area contributed by atoms with Crippen LogP contribution in [0.15, 0.2) is 29.2 Å². The number of benzene rings is 1. The maximum atomic E-state index is 12.8. The Morgan fingerprint density at radius 2 is 1.75 bits per heavy atom. The number of hydrogen-bond acceptors (Lipinski definition) is 3. The largest absolute Gasteiger partial charge is 0.330 e. The van der Waals surface area contributed by atoms with E-state index < -0.39 is 15.8 Å². The predicted molar refractivity (Wildman–Crippen MR) is 76.1 cm³/mol. The number of hydrogen-bond donors (Lipinski definition) is 2. The Balaban J connectivity index is 1.99. The van der Waals surface area contributed by atoms with Gasteiger partial charge in [0.2, 0.25) is 10.0 Å². The lowest BCUT2D eigenvalue weighted by Crippen LogP contribution is -2.36. The topological polar surface area (TPSA) is 72.2 Å². The van der Waals surface area contributed by atoms with Crippen LogP contribution in [0, 0.1) is 17.7 Å². The Labute approximate surface area is 119 Å². The van der Waals surface area contributed by atoms with Crippen molar-refractivity contribution in [2.75, 3.05) is 13.1 Å². The van der Waals surface area contributed by atoms with Crippen molar-refractivity contribution in [1.82, 2.24) is 4.72 Å². The molecule has 0 radical (unpaired) electrons. The zero-order valence-electron chi connectivity index (χ0n) is 11.4. The average molecular weight is 300 g/mol. The van der Waals surface area contributed by atoms with E-state index in [-0.39, 0.29) is 4.90 Å². The predicted octanol–water partition coefficient (Wildman–Crippen LogP) is 1.87. The molecule has 0 aliphatic heterocycles. The number of rotatable bonds is 5. The molecule has 0 spiro atoms. The molecular formula is C14H21FN2O2S. The molecule has 6 heteroatoms. The molecule has 0 amide bonds. The molecule has 1 aromatic rings. The first-order chi connectivity index (χ1) is 9.53. The number of halogens is 1. The second kappa shape index (κ2) is 6.65. The minimum Gasteiger partial charge on any atom is -0.330 e. The highest BCUT2D eigenvalue weighted by Gasteiger charge is 2.25. The van der Waals surface area contributed by atoms with Crippen molar-refractivity contribution in [2.45, 2.75) is 30.6 Å². The lowest BCUT2D eigenvalue weighted by Gasteiger charge is -2.30. The number of sulfonamides is 1. The molecule has 20 heavy (non-hydrogen) atoms. The first-order valence-corrected chi connectivity index (χ1v) is 8.46. The van der Waals surface area contributed by atoms with Crippen LogP contribution in [0.1, 0.15) is 25.7 Å². The normalized spacial score (nSPS) is 23.7. The Hall–Kier alpha value is -0.980. The van der Waals surface area contributed by atoms with Gasteiger partial charge in [-0.2, -0.15) is 0 Å². The van der Waals surface area contributed by atoms with Crippen molar-refractivity contribution in [1.29, 1.82) is 0 Å². The quantitative estimate of drug-likeness (QED) is 0.872. The van der Waals surface area contributed by atoms with Crippen molar-refractivity contribution in [3.05, 3.63) is 30.1 Å². The lowest BCUT2D eigenvalue weighted by molar-refractivity contribution is 0.244. The van der Waals surface area contributed by atoms with Crippen LogP contribution in [0.2, 0.25) is 0 Å². The van der Waals surface area contributed by atoms with Crippen LogP contribution in [0.5, 0.6) is 0 Å². The molecule has 112 valence electrons. The Morgan fingerprint density at radius 3 is 2.35 bits per heavy atom. The van der Waals surface area contributed by atoms with Crippen LogP contribution in [0.25, 0.3) is 0 Å². The van der Waals surface area contributed by atoms with Gasteiger partial charge in [-0.15, -0.1) is 0 Å². The summed E-state index contributed by atoms with van der Waals surface area (Å²) in [4.78, 5) is 0.0963. The van der Waals surface area contributed by atoms with Gasteiger partial charge in [0.05, 0.1) is 4.90 Å². The van der Waals surface area contributed by atoms with Crippen molar-refractivity contribution >= 4 is 10.0 Å². The van der Waals surface area contributed by atoms with Gasteiger partial charge in [0.25, 0.3) is 0 Å². The van der Waals surface area contributed by atoms with E-state index in [0.29, 0.717) is 24.9 Å². The Morgan fingerprint density at radius 1 is 1.15 bits per heavy atom. The molecule has 1 aromatic carbocycles. The van der Waals surface area contributed by atoms with E-state index >= 15 is 0 Å². The molecule has 0 bridgehead atoms. The van der Waals surface area contributed by atoms with Gasteiger partial charge in [0, 0.05) is 6.54 Å². The standard InChI is InChI=1S/C14H21FN2O2S/c15-13-5-7-14(8-6-13)20(18,19)17-10-12-4-2-1-3-11(12)9-16/h5-8,11-12,17H,1-4,9-10,16H2. The molecule has 3 N–H and O–H groups in total. The third kappa shape index (κ3) is 3.77. The fourth-order valence-corrected chi connectivity index (χ4v) is 3.87. The second-order valence-corrected chi connectivity index (χ2v) is 7.11. The molecule has 2 rings (SSSR count). The van der Waals surface area contributed by atoms with Crippen LogP contribution in [-0.2, 0) is 10.0 Å². The van der Waals surface area contributed by atoms with E-state index in [2.05, 4.69) is 4.72 Å². The van der Waals surface area contributed by atoms with Gasteiger partial charge in [-0.3, -0.25) is 0 Å². The molecule has 2 atom stereocenters. The smallest absolute Gasteiger partial charge is 0.240 e. The maximum absolute atomic E-state index is 12.8. The van der Waals surface area contributed by atoms with Gasteiger partial charge in [0.1, 0.15) is 5.82 Å². The zero-order chi connectivity index (χ0) is 14.6. The highest BCUT2D eigenvalue weighted by atomic mass is 32.2. The van der Waals surface area contributed by atoms with E-state index in [4.69, 9.17) is 5.73 Å². The van der Waals surface area contributed by atoms with Gasteiger partial charge in [-0.05, 0) is 55.5 Å². The molecule has 2 unspecified atom stereocenters. The summed E-state index contributed by atoms with van der Waals surface area (Å²) in [7, 11) is -3.57. The molecule has 0 aromatic heterocycles. The molecule has 1 aliphatic rings. The van der Waals surface area contributed by atoms with Crippen molar-refractivity contribution in [2.24, 2.45) is 17.6 Å². The van der Waals surface area contributed by atoms with E-state index in [1.54, 1.807) is 0 Å². The fourth-order valence-electron chi connectivity index (χ4n) is 2.78. The average Bonchev–Trinajstić information content (AvgIpc) is 2.46. The lowest BCUT2D eigenvalue weighted by atomic mass is 9.79. The van der Waals surface area contributed by atoms with Gasteiger partial charge >= 0.3 is 0 Å². The van der Waals surface area contributed by atoms with Gasteiger partial charge in [-0.25, -0.2) is 17.5 Å². The zero-order valence-corrected chi connectivity index (χ0v) is 12.2. The molecule has 1 aliphatic carbocycles. The molecular weight excluding hydrogens is 279 g/mol.